The molecule has 0 unspecified atom stereocenters. The van der Waals surface area contributed by atoms with Crippen molar-refractivity contribution in [1.82, 2.24) is 15.0 Å². The number of fused-ring (bicyclic) bond motifs is 1. The van der Waals surface area contributed by atoms with Gasteiger partial charge in [-0.1, -0.05) is 12.1 Å². The molecule has 0 saturated heterocycles. The van der Waals surface area contributed by atoms with Gasteiger partial charge in [0.15, 0.2) is 5.76 Å². The van der Waals surface area contributed by atoms with Crippen LogP contribution in [0.3, 0.4) is 0 Å². The molecule has 0 aliphatic carbocycles. The van der Waals surface area contributed by atoms with Crippen molar-refractivity contribution in [2.24, 2.45) is 5.92 Å². The monoisotopic (exact) mass is 694 g/mol. The summed E-state index contributed by atoms with van der Waals surface area (Å²) in [5, 5.41) is 22.6. The number of aromatic nitrogens is 1. The number of rotatable bonds is 8. The van der Waals surface area contributed by atoms with E-state index in [1.165, 1.54) is 4.90 Å². The summed E-state index contributed by atoms with van der Waals surface area (Å²) in [6.45, 7) is 9.81. The van der Waals surface area contributed by atoms with Gasteiger partial charge in [-0.3, -0.25) is 4.79 Å². The minimum absolute atomic E-state index is 0.209. The Labute approximate surface area is 293 Å². The lowest BCUT2D eigenvalue weighted by Gasteiger charge is -2.35. The van der Waals surface area contributed by atoms with Gasteiger partial charge >= 0.3 is 12.1 Å². The summed E-state index contributed by atoms with van der Waals surface area (Å²) in [6.07, 6.45) is 1.69. The van der Waals surface area contributed by atoms with Crippen LogP contribution in [0.1, 0.15) is 61.8 Å². The van der Waals surface area contributed by atoms with Crippen LogP contribution in [0.2, 0.25) is 0 Å². The quantitative estimate of drug-likeness (QED) is 0.224. The van der Waals surface area contributed by atoms with Crippen LogP contribution in [0, 0.1) is 19.8 Å². The number of likely N-dealkylation sites (N-methyl/N-ethyl adjacent to an activating group) is 1. The van der Waals surface area contributed by atoms with E-state index < -0.39 is 18.2 Å². The summed E-state index contributed by atoms with van der Waals surface area (Å²) in [4.78, 5) is 43.6. The van der Waals surface area contributed by atoms with E-state index in [1.807, 2.05) is 13.8 Å². The number of ether oxygens (including phenoxy) is 3. The predicted molar refractivity (Wildman–Crippen MR) is 190 cm³/mol. The molecule has 0 spiro atoms. The highest BCUT2D eigenvalue weighted by atomic mass is 16.5. The number of carbonyl (C=O) groups excluding carboxylic acids is 3. The van der Waals surface area contributed by atoms with Gasteiger partial charge in [-0.25, -0.2) is 9.59 Å². The Morgan fingerprint density at radius 1 is 1.08 bits per heavy atom. The third-order valence-electron chi connectivity index (χ3n) is 8.72. The van der Waals surface area contributed by atoms with Gasteiger partial charge in [0.2, 0.25) is 0 Å². The Hall–Kier alpha value is -4.82. The van der Waals surface area contributed by atoms with Crippen molar-refractivity contribution in [3.63, 3.8) is 0 Å². The maximum atomic E-state index is 14.4. The number of hydrogen-bond acceptors (Lipinski definition) is 9. The Morgan fingerprint density at radius 3 is 2.44 bits per heavy atom. The second-order valence-electron chi connectivity index (χ2n) is 12.8. The zero-order chi connectivity index (χ0) is 36.4. The van der Waals surface area contributed by atoms with Crippen molar-refractivity contribution < 1.29 is 38.2 Å². The molecule has 4 rings (SSSR count). The van der Waals surface area contributed by atoms with Crippen LogP contribution in [-0.2, 0) is 4.74 Å². The van der Waals surface area contributed by atoms with Crippen LogP contribution in [0.5, 0.6) is 11.5 Å². The van der Waals surface area contributed by atoms with Crippen molar-refractivity contribution in [3.05, 3.63) is 59.5 Å². The van der Waals surface area contributed by atoms with E-state index in [2.05, 4.69) is 21.1 Å². The highest BCUT2D eigenvalue weighted by molar-refractivity contribution is 6.02. The molecule has 5 amide bonds. The van der Waals surface area contributed by atoms with Gasteiger partial charge in [0.1, 0.15) is 22.9 Å². The van der Waals surface area contributed by atoms with E-state index in [9.17, 15) is 19.5 Å². The number of carbonyl (C=O) groups is 3. The van der Waals surface area contributed by atoms with Crippen molar-refractivity contribution in [1.29, 1.82) is 0 Å². The number of methoxy groups -OCH3 is 1. The Balaban J connectivity index is 1.57. The predicted octanol–water partition coefficient (Wildman–Crippen LogP) is 5.90. The van der Waals surface area contributed by atoms with Crippen molar-refractivity contribution >= 4 is 35.0 Å². The molecule has 3 aromatic rings. The number of aliphatic hydroxyl groups is 1. The smallest absolute Gasteiger partial charge is 0.323 e. The highest BCUT2D eigenvalue weighted by Gasteiger charge is 2.31. The van der Waals surface area contributed by atoms with Crippen molar-refractivity contribution in [2.45, 2.75) is 72.1 Å². The molecule has 0 fully saturated rings. The first kappa shape index (κ1) is 38.0. The summed E-state index contributed by atoms with van der Waals surface area (Å²) in [5.41, 5.74) is 2.30. The van der Waals surface area contributed by atoms with Crippen molar-refractivity contribution in [2.75, 3.05) is 56.4 Å². The van der Waals surface area contributed by atoms with E-state index in [1.54, 1.807) is 82.3 Å². The van der Waals surface area contributed by atoms with Gasteiger partial charge in [-0.2, -0.15) is 0 Å². The summed E-state index contributed by atoms with van der Waals surface area (Å²) in [5.74, 6) is 0.931. The minimum atomic E-state index is -0.556. The van der Waals surface area contributed by atoms with Crippen LogP contribution in [-0.4, -0.2) is 96.7 Å². The number of anilines is 3. The molecule has 14 nitrogen and oxygen atoms in total. The highest BCUT2D eigenvalue weighted by Crippen LogP contribution is 2.29. The maximum Gasteiger partial charge on any atom is 0.323 e. The number of aryl methyl sites for hydroxylation is 2. The van der Waals surface area contributed by atoms with Crippen molar-refractivity contribution in [3.8, 4) is 11.5 Å². The number of nitrogens with one attached hydrogen (secondary N) is 3. The van der Waals surface area contributed by atoms with Crippen LogP contribution in [0.4, 0.5) is 26.7 Å². The third-order valence-corrected chi connectivity index (χ3v) is 8.72. The molecule has 0 bridgehead atoms. The molecule has 0 saturated carbocycles. The molecule has 1 aliphatic rings. The second kappa shape index (κ2) is 17.7. The first-order chi connectivity index (χ1) is 23.9. The molecule has 272 valence electrons. The number of benzene rings is 2. The molecule has 4 atom stereocenters. The van der Waals surface area contributed by atoms with Crippen LogP contribution < -0.4 is 25.4 Å². The van der Waals surface area contributed by atoms with E-state index in [0.29, 0.717) is 46.6 Å². The molecule has 14 heteroatoms. The van der Waals surface area contributed by atoms with Crippen LogP contribution >= 0.6 is 0 Å². The van der Waals surface area contributed by atoms with Crippen LogP contribution in [0.25, 0.3) is 0 Å². The fourth-order valence-corrected chi connectivity index (χ4v) is 5.65. The zero-order valence-electron chi connectivity index (χ0n) is 29.9. The average Bonchev–Trinajstić information content (AvgIpc) is 3.41. The van der Waals surface area contributed by atoms with E-state index in [-0.39, 0.29) is 49.2 Å². The standard InChI is InChI=1S/C36H50N6O8/c1-22-19-42(23(2)21-43)34(44)30-18-28(38-35(45)37-27-11-14-29(47-7)15-12-27)13-16-31(30)49-24(3)10-8-9-17-48-32(22)20-41(6)36(46)39-33-25(4)40-50-26(33)5/h11-16,18,22-24,32,43H,8-10,17,19-21H2,1-7H3,(H,39,46)(H2,37,38,45)/t22-,23+,24+,32-/m0/s1. The maximum absolute atomic E-state index is 14.4. The average molecular weight is 695 g/mol. The van der Waals surface area contributed by atoms with Gasteiger partial charge in [0.25, 0.3) is 5.91 Å². The second-order valence-corrected chi connectivity index (χ2v) is 12.8. The van der Waals surface area contributed by atoms with E-state index in [4.69, 9.17) is 18.7 Å². The lowest BCUT2D eigenvalue weighted by atomic mass is 10.0. The molecular formula is C36H50N6O8. The number of hydrogen-bond donors (Lipinski definition) is 4. The molecule has 50 heavy (non-hydrogen) atoms. The summed E-state index contributed by atoms with van der Waals surface area (Å²) < 4.78 is 23.0. The first-order valence-corrected chi connectivity index (χ1v) is 16.9. The summed E-state index contributed by atoms with van der Waals surface area (Å²) >= 11 is 0. The SMILES string of the molecule is COc1ccc(NC(=O)Nc2ccc3c(c2)C(=O)N([C@H](C)CO)C[C@H](C)[C@H](CN(C)C(=O)Nc2c(C)noc2C)OCCCC[C@@H](C)O3)cc1. The summed E-state index contributed by atoms with van der Waals surface area (Å²) in [7, 11) is 3.25. The lowest BCUT2D eigenvalue weighted by Crippen LogP contribution is -2.48. The molecule has 1 aromatic heterocycles. The van der Waals surface area contributed by atoms with Gasteiger partial charge in [0.05, 0.1) is 37.5 Å². The van der Waals surface area contributed by atoms with Crippen LogP contribution in [0.15, 0.2) is 47.0 Å². The number of urea groups is 2. The lowest BCUT2D eigenvalue weighted by molar-refractivity contribution is -0.0115. The Morgan fingerprint density at radius 2 is 1.78 bits per heavy atom. The molecule has 1 aliphatic heterocycles. The molecule has 2 aromatic carbocycles. The van der Waals surface area contributed by atoms with Gasteiger partial charge in [-0.15, -0.1) is 0 Å². The topological polar surface area (TPSA) is 168 Å². The molecule has 2 heterocycles. The molecule has 0 radical (unpaired) electrons. The first-order valence-electron chi connectivity index (χ1n) is 16.9. The molecular weight excluding hydrogens is 644 g/mol. The summed E-state index contributed by atoms with van der Waals surface area (Å²) in [6, 6.07) is 10.5. The Bertz CT molecular complexity index is 1580. The fourth-order valence-electron chi connectivity index (χ4n) is 5.65. The fraction of sp³-hybridized carbons (Fsp3) is 0.500. The van der Waals surface area contributed by atoms with E-state index in [0.717, 1.165) is 19.3 Å². The zero-order valence-corrected chi connectivity index (χ0v) is 29.9. The largest absolute Gasteiger partial charge is 0.497 e. The van der Waals surface area contributed by atoms with Gasteiger partial charge < -0.3 is 49.6 Å². The number of amides is 5. The molecule has 4 N–H and O–H groups in total. The van der Waals surface area contributed by atoms with E-state index >= 15 is 0 Å². The number of nitrogens with zero attached hydrogens (tertiary/aromatic N) is 3. The third kappa shape index (κ3) is 10.1. The number of aliphatic hydroxyl groups excluding tert-OH is 1. The minimum Gasteiger partial charge on any atom is -0.497 e. The van der Waals surface area contributed by atoms with Gasteiger partial charge in [0, 0.05) is 44.0 Å². The normalized spacial score (nSPS) is 19.3. The Kier molecular flexibility index (Phi) is 13.5. The van der Waals surface area contributed by atoms with Gasteiger partial charge in [-0.05, 0) is 89.4 Å².